The molecule has 1 aromatic heterocycles. The van der Waals surface area contributed by atoms with Crippen LogP contribution in [0, 0.1) is 0 Å². The minimum Gasteiger partial charge on any atom is -0.474 e. The van der Waals surface area contributed by atoms with Gasteiger partial charge in [0, 0.05) is 18.3 Å². The summed E-state index contributed by atoms with van der Waals surface area (Å²) in [6, 6.07) is 3.82. The van der Waals surface area contributed by atoms with Crippen LogP contribution >= 0.6 is 12.4 Å². The number of aromatic nitrogens is 1. The van der Waals surface area contributed by atoms with Gasteiger partial charge in [0.1, 0.15) is 6.10 Å². The molecule has 1 unspecified atom stereocenters. The molecule has 0 spiro atoms. The molecule has 22 heavy (non-hydrogen) atoms. The van der Waals surface area contributed by atoms with Crippen LogP contribution in [0.25, 0.3) is 0 Å². The first-order valence-corrected chi connectivity index (χ1v) is 7.94. The van der Waals surface area contributed by atoms with Gasteiger partial charge in [-0.05, 0) is 51.1 Å². The van der Waals surface area contributed by atoms with Gasteiger partial charge < -0.3 is 15.4 Å². The van der Waals surface area contributed by atoms with Crippen LogP contribution < -0.4 is 15.4 Å². The highest BCUT2D eigenvalue weighted by Gasteiger charge is 2.22. The molecule has 2 aliphatic rings. The Morgan fingerprint density at radius 2 is 2.14 bits per heavy atom. The standard InChI is InChI=1S/C16H23N3O2.ClH/c20-15(14-8-4-9-17-14)19-11-12-5-3-10-18-16(12)21-13-6-1-2-7-13;/h3,5,10,13-14,17H,1-2,4,6-9,11H2,(H,19,20);1H. The van der Waals surface area contributed by atoms with Crippen molar-refractivity contribution in [2.75, 3.05) is 6.54 Å². The Bertz CT molecular complexity index is 486. The second-order valence-electron chi connectivity index (χ2n) is 5.86. The van der Waals surface area contributed by atoms with E-state index >= 15 is 0 Å². The van der Waals surface area contributed by atoms with Gasteiger partial charge in [-0.25, -0.2) is 4.98 Å². The van der Waals surface area contributed by atoms with Crippen molar-refractivity contribution in [3.8, 4) is 5.88 Å². The summed E-state index contributed by atoms with van der Waals surface area (Å²) < 4.78 is 5.99. The van der Waals surface area contributed by atoms with Gasteiger partial charge in [-0.1, -0.05) is 6.07 Å². The van der Waals surface area contributed by atoms with Crippen molar-refractivity contribution in [2.24, 2.45) is 0 Å². The van der Waals surface area contributed by atoms with Crippen molar-refractivity contribution in [1.29, 1.82) is 0 Å². The van der Waals surface area contributed by atoms with Crippen LogP contribution in [0.3, 0.4) is 0 Å². The number of pyridine rings is 1. The summed E-state index contributed by atoms with van der Waals surface area (Å²) in [4.78, 5) is 16.4. The SMILES string of the molecule is Cl.O=C(NCc1cccnc1OC1CCCC1)C1CCCN1. The largest absolute Gasteiger partial charge is 0.474 e. The van der Waals surface area contributed by atoms with E-state index in [1.807, 2.05) is 12.1 Å². The predicted octanol–water partition coefficient (Wildman–Crippen LogP) is 2.19. The van der Waals surface area contributed by atoms with Crippen molar-refractivity contribution in [1.82, 2.24) is 15.6 Å². The fraction of sp³-hybridized carbons (Fsp3) is 0.625. The number of carbonyl (C=O) groups excluding carboxylic acids is 1. The van der Waals surface area contributed by atoms with Crippen molar-refractivity contribution in [3.05, 3.63) is 23.9 Å². The Hall–Kier alpha value is -1.33. The zero-order valence-corrected chi connectivity index (χ0v) is 13.5. The quantitative estimate of drug-likeness (QED) is 0.871. The zero-order chi connectivity index (χ0) is 14.5. The fourth-order valence-corrected chi connectivity index (χ4v) is 3.04. The third-order valence-electron chi connectivity index (χ3n) is 4.26. The second kappa shape index (κ2) is 8.34. The molecule has 0 bridgehead atoms. The van der Waals surface area contributed by atoms with E-state index in [9.17, 15) is 4.79 Å². The minimum absolute atomic E-state index is 0. The van der Waals surface area contributed by atoms with Crippen LogP contribution in [0.2, 0.25) is 0 Å². The van der Waals surface area contributed by atoms with Gasteiger partial charge in [-0.2, -0.15) is 0 Å². The first kappa shape index (κ1) is 17.0. The summed E-state index contributed by atoms with van der Waals surface area (Å²) in [5.74, 6) is 0.743. The fourth-order valence-electron chi connectivity index (χ4n) is 3.04. The third-order valence-corrected chi connectivity index (χ3v) is 4.26. The molecule has 1 saturated carbocycles. The summed E-state index contributed by atoms with van der Waals surface area (Å²) in [5.41, 5.74) is 0.954. The van der Waals surface area contributed by atoms with Crippen molar-refractivity contribution in [3.63, 3.8) is 0 Å². The lowest BCUT2D eigenvalue weighted by Crippen LogP contribution is -2.40. The van der Waals surface area contributed by atoms with E-state index in [-0.39, 0.29) is 30.5 Å². The molecule has 2 heterocycles. The molecule has 1 aromatic rings. The maximum Gasteiger partial charge on any atom is 0.237 e. The lowest BCUT2D eigenvalue weighted by Gasteiger charge is -2.16. The van der Waals surface area contributed by atoms with Crippen LogP contribution in [0.15, 0.2) is 18.3 Å². The Balaban J connectivity index is 0.00000176. The average Bonchev–Trinajstić information content (AvgIpc) is 3.19. The first-order valence-electron chi connectivity index (χ1n) is 7.94. The van der Waals surface area contributed by atoms with Crippen LogP contribution in [0.5, 0.6) is 5.88 Å². The highest BCUT2D eigenvalue weighted by atomic mass is 35.5. The van der Waals surface area contributed by atoms with E-state index in [1.165, 1.54) is 12.8 Å². The normalized spacial score (nSPS) is 21.4. The van der Waals surface area contributed by atoms with Crippen molar-refractivity contribution >= 4 is 18.3 Å². The molecule has 1 amide bonds. The number of amides is 1. The number of hydrogen-bond acceptors (Lipinski definition) is 4. The molecule has 0 radical (unpaired) electrons. The van der Waals surface area contributed by atoms with Crippen molar-refractivity contribution in [2.45, 2.75) is 57.2 Å². The van der Waals surface area contributed by atoms with Gasteiger partial charge in [-0.15, -0.1) is 12.4 Å². The Labute approximate surface area is 137 Å². The molecule has 5 nitrogen and oxygen atoms in total. The summed E-state index contributed by atoms with van der Waals surface area (Å²) in [6.45, 7) is 1.41. The first-order chi connectivity index (χ1) is 10.3. The van der Waals surface area contributed by atoms with E-state index < -0.39 is 0 Å². The number of nitrogens with one attached hydrogen (secondary N) is 2. The molecule has 6 heteroatoms. The molecule has 0 aromatic carbocycles. The number of ether oxygens (including phenoxy) is 1. The van der Waals surface area contributed by atoms with E-state index in [4.69, 9.17) is 4.74 Å². The average molecular weight is 326 g/mol. The predicted molar refractivity (Wildman–Crippen MR) is 87.2 cm³/mol. The molecule has 1 aliphatic carbocycles. The van der Waals surface area contributed by atoms with Crippen LogP contribution in [-0.4, -0.2) is 29.6 Å². The van der Waals surface area contributed by atoms with E-state index in [0.717, 1.165) is 37.8 Å². The molecule has 1 atom stereocenters. The van der Waals surface area contributed by atoms with Gasteiger partial charge in [0.05, 0.1) is 6.04 Å². The van der Waals surface area contributed by atoms with Crippen LogP contribution in [0.4, 0.5) is 0 Å². The number of hydrogen-bond donors (Lipinski definition) is 2. The Morgan fingerprint density at radius 3 is 2.86 bits per heavy atom. The summed E-state index contributed by atoms with van der Waals surface area (Å²) in [7, 11) is 0. The zero-order valence-electron chi connectivity index (χ0n) is 12.7. The maximum atomic E-state index is 12.0. The Morgan fingerprint density at radius 1 is 1.32 bits per heavy atom. The highest BCUT2D eigenvalue weighted by Crippen LogP contribution is 2.24. The monoisotopic (exact) mass is 325 g/mol. The van der Waals surface area contributed by atoms with Gasteiger partial charge >= 0.3 is 0 Å². The topological polar surface area (TPSA) is 63.2 Å². The second-order valence-corrected chi connectivity index (χ2v) is 5.86. The summed E-state index contributed by atoms with van der Waals surface area (Å²) in [5, 5.41) is 6.19. The molecule has 2 fully saturated rings. The Kier molecular flexibility index (Phi) is 6.46. The number of rotatable bonds is 5. The van der Waals surface area contributed by atoms with Gasteiger partial charge in [0.25, 0.3) is 0 Å². The molecule has 122 valence electrons. The number of carbonyl (C=O) groups is 1. The van der Waals surface area contributed by atoms with Crippen molar-refractivity contribution < 1.29 is 9.53 Å². The molecule has 1 saturated heterocycles. The van der Waals surface area contributed by atoms with Crippen LogP contribution in [-0.2, 0) is 11.3 Å². The van der Waals surface area contributed by atoms with E-state index in [0.29, 0.717) is 12.4 Å². The van der Waals surface area contributed by atoms with E-state index in [1.54, 1.807) is 6.20 Å². The van der Waals surface area contributed by atoms with E-state index in [2.05, 4.69) is 15.6 Å². The number of halogens is 1. The van der Waals surface area contributed by atoms with Gasteiger partial charge in [0.15, 0.2) is 0 Å². The molecule has 2 N–H and O–H groups in total. The summed E-state index contributed by atoms with van der Waals surface area (Å²) >= 11 is 0. The maximum absolute atomic E-state index is 12.0. The summed E-state index contributed by atoms with van der Waals surface area (Å²) in [6.07, 6.45) is 8.70. The highest BCUT2D eigenvalue weighted by molar-refractivity contribution is 5.85. The van der Waals surface area contributed by atoms with Gasteiger partial charge in [0.2, 0.25) is 11.8 Å². The molecular weight excluding hydrogens is 302 g/mol. The number of nitrogens with zero attached hydrogens (tertiary/aromatic N) is 1. The molecular formula is C16H24ClN3O2. The van der Waals surface area contributed by atoms with Gasteiger partial charge in [-0.3, -0.25) is 4.79 Å². The molecule has 3 rings (SSSR count). The minimum atomic E-state index is -0.0409. The molecule has 1 aliphatic heterocycles. The lowest BCUT2D eigenvalue weighted by atomic mass is 10.2. The smallest absolute Gasteiger partial charge is 0.237 e. The third kappa shape index (κ3) is 4.34. The lowest BCUT2D eigenvalue weighted by molar-refractivity contribution is -0.122. The van der Waals surface area contributed by atoms with Crippen LogP contribution in [0.1, 0.15) is 44.1 Å².